The Balaban J connectivity index is 2.46. The Hall–Kier alpha value is -2.04. The van der Waals surface area contributed by atoms with E-state index in [1.165, 1.54) is 0 Å². The quantitative estimate of drug-likeness (QED) is 0.880. The van der Waals surface area contributed by atoms with Crippen LogP contribution in [0.2, 0.25) is 0 Å². The average molecular weight is 248 g/mol. The first kappa shape index (κ1) is 12.4. The fraction of sp³-hybridized carbons (Fsp3) is 0.385. The minimum atomic E-state index is -0.863. The van der Waals surface area contributed by atoms with Crippen LogP contribution >= 0.6 is 0 Å². The van der Waals surface area contributed by atoms with Crippen LogP contribution in [0.5, 0.6) is 0 Å². The van der Waals surface area contributed by atoms with Crippen LogP contribution in [-0.4, -0.2) is 28.6 Å². The van der Waals surface area contributed by atoms with Gasteiger partial charge in [-0.15, -0.1) is 0 Å². The molecule has 2 heterocycles. The van der Waals surface area contributed by atoms with Gasteiger partial charge in [0.25, 0.3) is 0 Å². The van der Waals surface area contributed by atoms with E-state index in [2.05, 4.69) is 4.98 Å². The summed E-state index contributed by atoms with van der Waals surface area (Å²) in [5, 5.41) is 9.87. The number of rotatable bonds is 5. The second-order valence-corrected chi connectivity index (χ2v) is 4.25. The molecule has 18 heavy (non-hydrogen) atoms. The first-order valence-corrected chi connectivity index (χ1v) is 5.94. The summed E-state index contributed by atoms with van der Waals surface area (Å²) in [4.78, 5) is 17.1. The molecule has 0 fully saturated rings. The van der Waals surface area contributed by atoms with Crippen molar-refractivity contribution < 1.29 is 14.3 Å². The number of hydrogen-bond acceptors (Lipinski definition) is 4. The van der Waals surface area contributed by atoms with Crippen LogP contribution in [-0.2, 0) is 4.79 Å². The zero-order valence-electron chi connectivity index (χ0n) is 10.5. The Kier molecular flexibility index (Phi) is 3.50. The predicted octanol–water partition coefficient (Wildman–Crippen LogP) is 2.52. The monoisotopic (exact) mass is 248 g/mol. The van der Waals surface area contributed by atoms with Gasteiger partial charge < -0.3 is 14.4 Å². The highest BCUT2D eigenvalue weighted by molar-refractivity contribution is 5.90. The Morgan fingerprint density at radius 1 is 1.56 bits per heavy atom. The van der Waals surface area contributed by atoms with Crippen LogP contribution in [0.15, 0.2) is 29.0 Å². The number of aromatic nitrogens is 1. The topological polar surface area (TPSA) is 66.6 Å². The number of pyridine rings is 1. The lowest BCUT2D eigenvalue weighted by Crippen LogP contribution is -2.37. The third-order valence-corrected chi connectivity index (χ3v) is 3.06. The largest absolute Gasteiger partial charge is 0.480 e. The van der Waals surface area contributed by atoms with E-state index in [4.69, 9.17) is 9.52 Å². The van der Waals surface area contributed by atoms with Crippen LogP contribution in [0, 0.1) is 0 Å². The molecule has 5 heteroatoms. The van der Waals surface area contributed by atoms with Gasteiger partial charge in [-0.05, 0) is 25.5 Å². The lowest BCUT2D eigenvalue weighted by molar-refractivity contribution is -0.135. The fourth-order valence-corrected chi connectivity index (χ4v) is 1.91. The van der Waals surface area contributed by atoms with Crippen molar-refractivity contribution in [1.82, 2.24) is 4.98 Å². The van der Waals surface area contributed by atoms with Gasteiger partial charge in [-0.1, -0.05) is 6.92 Å². The molecule has 0 amide bonds. The second-order valence-electron chi connectivity index (χ2n) is 4.25. The van der Waals surface area contributed by atoms with E-state index in [0.717, 1.165) is 17.4 Å². The van der Waals surface area contributed by atoms with Gasteiger partial charge in [0, 0.05) is 12.2 Å². The van der Waals surface area contributed by atoms with Crippen molar-refractivity contribution in [3.8, 4) is 0 Å². The molecule has 0 saturated heterocycles. The van der Waals surface area contributed by atoms with Gasteiger partial charge in [0.15, 0.2) is 0 Å². The number of carboxylic acids is 1. The van der Waals surface area contributed by atoms with Gasteiger partial charge in [-0.25, -0.2) is 4.98 Å². The molecule has 0 aliphatic carbocycles. The second kappa shape index (κ2) is 5.08. The third kappa shape index (κ3) is 2.30. The van der Waals surface area contributed by atoms with Gasteiger partial charge in [-0.3, -0.25) is 4.79 Å². The van der Waals surface area contributed by atoms with E-state index in [1.54, 1.807) is 23.4 Å². The molecule has 0 spiro atoms. The maximum atomic E-state index is 11.0. The predicted molar refractivity (Wildman–Crippen MR) is 68.7 cm³/mol. The van der Waals surface area contributed by atoms with Gasteiger partial charge in [0.05, 0.1) is 11.6 Å². The molecule has 2 aromatic rings. The molecular weight excluding hydrogens is 232 g/mol. The van der Waals surface area contributed by atoms with Gasteiger partial charge in [0.2, 0.25) is 0 Å². The summed E-state index contributed by atoms with van der Waals surface area (Å²) >= 11 is 0. The van der Waals surface area contributed by atoms with Crippen molar-refractivity contribution in [2.24, 2.45) is 0 Å². The molecule has 0 radical (unpaired) electrons. The molecule has 2 rings (SSSR count). The van der Waals surface area contributed by atoms with E-state index in [-0.39, 0.29) is 12.6 Å². The molecular formula is C13H16N2O3. The highest BCUT2D eigenvalue weighted by atomic mass is 16.4. The van der Waals surface area contributed by atoms with E-state index in [0.29, 0.717) is 5.82 Å². The maximum Gasteiger partial charge on any atom is 0.323 e. The van der Waals surface area contributed by atoms with Crippen molar-refractivity contribution >= 4 is 22.8 Å². The molecule has 1 N–H and O–H groups in total. The lowest BCUT2D eigenvalue weighted by atomic mass is 10.2. The Bertz CT molecular complexity index is 550. The zero-order valence-corrected chi connectivity index (χ0v) is 10.5. The highest BCUT2D eigenvalue weighted by Crippen LogP contribution is 2.27. The third-order valence-electron chi connectivity index (χ3n) is 3.06. The lowest BCUT2D eigenvalue weighted by Gasteiger charge is -2.28. The Morgan fingerprint density at radius 3 is 3.00 bits per heavy atom. The van der Waals surface area contributed by atoms with Crippen LogP contribution in [0.25, 0.3) is 11.0 Å². The Morgan fingerprint density at radius 2 is 2.33 bits per heavy atom. The molecule has 5 nitrogen and oxygen atoms in total. The molecule has 1 unspecified atom stereocenters. The highest BCUT2D eigenvalue weighted by Gasteiger charge is 2.20. The molecule has 0 aliphatic heterocycles. The van der Waals surface area contributed by atoms with Crippen molar-refractivity contribution in [2.45, 2.75) is 26.3 Å². The number of carbonyl (C=O) groups is 1. The van der Waals surface area contributed by atoms with Crippen molar-refractivity contribution in [2.75, 3.05) is 11.4 Å². The van der Waals surface area contributed by atoms with E-state index >= 15 is 0 Å². The zero-order chi connectivity index (χ0) is 13.1. The van der Waals surface area contributed by atoms with Crippen LogP contribution in [0.4, 0.5) is 5.82 Å². The number of furan rings is 1. The standard InChI is InChI=1S/C13H16N2O3/c1-3-9(2)15(8-12(16)17)13-10-5-7-18-11(10)4-6-14-13/h4-7,9H,3,8H2,1-2H3,(H,16,17). The first-order valence-electron chi connectivity index (χ1n) is 5.94. The first-order chi connectivity index (χ1) is 8.63. The number of carboxylic acid groups (broad SMARTS) is 1. The van der Waals surface area contributed by atoms with Crippen LogP contribution < -0.4 is 4.90 Å². The summed E-state index contributed by atoms with van der Waals surface area (Å²) in [7, 11) is 0. The van der Waals surface area contributed by atoms with Gasteiger partial charge in [-0.2, -0.15) is 0 Å². The van der Waals surface area contributed by atoms with Crippen LogP contribution in [0.1, 0.15) is 20.3 Å². The summed E-state index contributed by atoms with van der Waals surface area (Å²) in [5.41, 5.74) is 0.721. The summed E-state index contributed by atoms with van der Waals surface area (Å²) in [6.45, 7) is 3.95. The fourth-order valence-electron chi connectivity index (χ4n) is 1.91. The summed E-state index contributed by atoms with van der Waals surface area (Å²) < 4.78 is 5.31. The average Bonchev–Trinajstić information content (AvgIpc) is 2.83. The number of fused-ring (bicyclic) bond motifs is 1. The SMILES string of the molecule is CCC(C)N(CC(=O)O)c1nccc2occc12. The summed E-state index contributed by atoms with van der Waals surface area (Å²) in [6.07, 6.45) is 4.08. The minimum absolute atomic E-state index is 0.0632. The van der Waals surface area contributed by atoms with Crippen molar-refractivity contribution in [3.63, 3.8) is 0 Å². The van der Waals surface area contributed by atoms with Crippen molar-refractivity contribution in [3.05, 3.63) is 24.6 Å². The maximum absolute atomic E-state index is 11.0. The Labute approximate surface area is 105 Å². The van der Waals surface area contributed by atoms with Gasteiger partial charge >= 0.3 is 5.97 Å². The molecule has 96 valence electrons. The summed E-state index contributed by atoms with van der Waals surface area (Å²) in [6, 6.07) is 3.69. The van der Waals surface area contributed by atoms with E-state index < -0.39 is 5.97 Å². The van der Waals surface area contributed by atoms with Crippen LogP contribution in [0.3, 0.4) is 0 Å². The van der Waals surface area contributed by atoms with E-state index in [9.17, 15) is 4.79 Å². The number of anilines is 1. The molecule has 0 aromatic carbocycles. The number of hydrogen-bond donors (Lipinski definition) is 1. The normalized spacial score (nSPS) is 12.6. The molecule has 1 atom stereocenters. The molecule has 0 bridgehead atoms. The number of nitrogens with zero attached hydrogens (tertiary/aromatic N) is 2. The van der Waals surface area contributed by atoms with Gasteiger partial charge in [0.1, 0.15) is 17.9 Å². The minimum Gasteiger partial charge on any atom is -0.480 e. The van der Waals surface area contributed by atoms with Crippen molar-refractivity contribution in [1.29, 1.82) is 0 Å². The molecule has 0 aliphatic rings. The smallest absolute Gasteiger partial charge is 0.323 e. The summed E-state index contributed by atoms with van der Waals surface area (Å²) in [5.74, 6) is -0.199. The van der Waals surface area contributed by atoms with E-state index in [1.807, 2.05) is 19.9 Å². The molecule has 0 saturated carbocycles. The number of aliphatic carboxylic acids is 1. The molecule has 2 aromatic heterocycles.